The fourth-order valence-corrected chi connectivity index (χ4v) is 3.78. The van der Waals surface area contributed by atoms with Crippen LogP contribution in [0.5, 0.6) is 11.5 Å². The van der Waals surface area contributed by atoms with Crippen molar-refractivity contribution in [3.05, 3.63) is 54.1 Å². The van der Waals surface area contributed by atoms with Crippen LogP contribution in [-0.2, 0) is 4.79 Å². The van der Waals surface area contributed by atoms with Gasteiger partial charge in [0.15, 0.2) is 5.75 Å². The number of piperidine rings is 1. The van der Waals surface area contributed by atoms with E-state index in [1.165, 1.54) is 0 Å². The van der Waals surface area contributed by atoms with Crippen molar-refractivity contribution in [2.45, 2.75) is 31.8 Å². The van der Waals surface area contributed by atoms with Gasteiger partial charge in [0.05, 0.1) is 17.8 Å². The molecule has 2 aromatic rings. The van der Waals surface area contributed by atoms with Crippen molar-refractivity contribution < 1.29 is 9.53 Å². The molecule has 4 rings (SSSR count). The average Bonchev–Trinajstić information content (AvgIpc) is 2.69. The number of nitrogens with one attached hydrogen (secondary N) is 1. The number of carbonyl (C=O) groups is 1. The number of anilines is 1. The number of amides is 1. The zero-order valence-electron chi connectivity index (χ0n) is 13.2. The minimum absolute atomic E-state index is 0.0211. The lowest BCUT2D eigenvalue weighted by Crippen LogP contribution is -2.49. The second kappa shape index (κ2) is 5.61. The highest BCUT2D eigenvalue weighted by Crippen LogP contribution is 2.47. The lowest BCUT2D eigenvalue weighted by atomic mass is 9.89. The molecule has 2 aromatic carbocycles. The van der Waals surface area contributed by atoms with Gasteiger partial charge in [-0.15, -0.1) is 0 Å². The van der Waals surface area contributed by atoms with Gasteiger partial charge in [-0.1, -0.05) is 30.3 Å². The van der Waals surface area contributed by atoms with Crippen LogP contribution < -0.4 is 15.0 Å². The Hall–Kier alpha value is -2.49. The summed E-state index contributed by atoms with van der Waals surface area (Å²) in [6, 6.07) is 16.5. The van der Waals surface area contributed by atoms with Crippen molar-refractivity contribution >= 4 is 11.6 Å². The lowest BCUT2D eigenvalue weighted by Gasteiger charge is -2.42. The molecule has 4 nitrogen and oxygen atoms in total. The molecule has 1 N–H and O–H groups in total. The Morgan fingerprint density at radius 1 is 1.13 bits per heavy atom. The first-order valence-corrected chi connectivity index (χ1v) is 8.13. The molecular weight excluding hydrogens is 288 g/mol. The second-order valence-electron chi connectivity index (χ2n) is 6.20. The summed E-state index contributed by atoms with van der Waals surface area (Å²) < 4.78 is 6.19. The minimum Gasteiger partial charge on any atom is -0.455 e. The average molecular weight is 308 g/mol. The van der Waals surface area contributed by atoms with E-state index < -0.39 is 0 Å². The first kappa shape index (κ1) is 14.1. The Labute approximate surface area is 136 Å². The van der Waals surface area contributed by atoms with Gasteiger partial charge < -0.3 is 15.0 Å². The molecule has 0 aromatic heterocycles. The SMILES string of the molecule is CC(=O)N[C@H]1CCCN2c3ccccc3Oc3ccccc3[C@@H]12. The monoisotopic (exact) mass is 308 g/mol. The predicted octanol–water partition coefficient (Wildman–Crippen LogP) is 3.64. The quantitative estimate of drug-likeness (QED) is 0.874. The number of para-hydroxylation sites is 3. The van der Waals surface area contributed by atoms with Crippen LogP contribution in [0.3, 0.4) is 0 Å². The molecule has 0 unspecified atom stereocenters. The number of rotatable bonds is 1. The highest BCUT2D eigenvalue weighted by molar-refractivity contribution is 5.74. The molecular formula is C19H20N2O2. The number of ether oxygens (including phenoxy) is 1. The van der Waals surface area contributed by atoms with Crippen LogP contribution in [-0.4, -0.2) is 18.5 Å². The van der Waals surface area contributed by atoms with Gasteiger partial charge in [-0.2, -0.15) is 0 Å². The molecule has 0 bridgehead atoms. The van der Waals surface area contributed by atoms with Gasteiger partial charge in [-0.25, -0.2) is 0 Å². The van der Waals surface area contributed by atoms with Gasteiger partial charge in [0, 0.05) is 19.0 Å². The molecule has 0 radical (unpaired) electrons. The fraction of sp³-hybridized carbons (Fsp3) is 0.316. The summed E-state index contributed by atoms with van der Waals surface area (Å²) in [7, 11) is 0. The number of hydrogen-bond acceptors (Lipinski definition) is 3. The summed E-state index contributed by atoms with van der Waals surface area (Å²) in [5, 5.41) is 3.14. The van der Waals surface area contributed by atoms with Crippen LogP contribution in [0.25, 0.3) is 0 Å². The van der Waals surface area contributed by atoms with Crippen LogP contribution in [0.1, 0.15) is 31.4 Å². The maximum Gasteiger partial charge on any atom is 0.217 e. The van der Waals surface area contributed by atoms with Crippen LogP contribution in [0.2, 0.25) is 0 Å². The standard InChI is InChI=1S/C19H20N2O2/c1-13(22)20-15-8-6-12-21-16-9-3-5-11-18(16)23-17-10-4-2-7-14(17)19(15)21/h2-5,7,9-11,15,19H,6,8,12H2,1H3,(H,20,22)/t15-,19-/m0/s1. The maximum atomic E-state index is 11.7. The summed E-state index contributed by atoms with van der Waals surface area (Å²) in [5.74, 6) is 1.78. The zero-order chi connectivity index (χ0) is 15.8. The third-order valence-corrected chi connectivity index (χ3v) is 4.65. The van der Waals surface area contributed by atoms with Gasteiger partial charge >= 0.3 is 0 Å². The maximum absolute atomic E-state index is 11.7. The highest BCUT2D eigenvalue weighted by atomic mass is 16.5. The third-order valence-electron chi connectivity index (χ3n) is 4.65. The van der Waals surface area contributed by atoms with Crippen LogP contribution >= 0.6 is 0 Å². The summed E-state index contributed by atoms with van der Waals surface area (Å²) in [5.41, 5.74) is 2.24. The van der Waals surface area contributed by atoms with E-state index in [0.717, 1.165) is 42.1 Å². The normalized spacial score (nSPS) is 22.0. The number of carbonyl (C=O) groups excluding carboxylic acids is 1. The molecule has 1 amide bonds. The van der Waals surface area contributed by atoms with Crippen molar-refractivity contribution in [1.82, 2.24) is 5.32 Å². The molecule has 2 aliphatic heterocycles. The second-order valence-corrected chi connectivity index (χ2v) is 6.20. The van der Waals surface area contributed by atoms with Gasteiger partial charge in [-0.3, -0.25) is 4.79 Å². The first-order chi connectivity index (χ1) is 11.2. The largest absolute Gasteiger partial charge is 0.455 e. The van der Waals surface area contributed by atoms with Gasteiger partial charge in [0.25, 0.3) is 0 Å². The molecule has 23 heavy (non-hydrogen) atoms. The summed E-state index contributed by atoms with van der Waals surface area (Å²) in [6.45, 7) is 2.56. The van der Waals surface area contributed by atoms with Crippen molar-refractivity contribution in [2.75, 3.05) is 11.4 Å². The number of hydrogen-bond donors (Lipinski definition) is 1. The smallest absolute Gasteiger partial charge is 0.217 e. The number of benzene rings is 2. The topological polar surface area (TPSA) is 41.6 Å². The Morgan fingerprint density at radius 3 is 2.70 bits per heavy atom. The van der Waals surface area contributed by atoms with E-state index in [0.29, 0.717) is 0 Å². The van der Waals surface area contributed by atoms with E-state index >= 15 is 0 Å². The van der Waals surface area contributed by atoms with E-state index in [2.05, 4.69) is 22.3 Å². The van der Waals surface area contributed by atoms with Crippen LogP contribution in [0.4, 0.5) is 5.69 Å². The molecule has 2 heterocycles. The van der Waals surface area contributed by atoms with Crippen molar-refractivity contribution in [3.63, 3.8) is 0 Å². The summed E-state index contributed by atoms with van der Waals surface area (Å²) in [4.78, 5) is 14.0. The van der Waals surface area contributed by atoms with E-state index in [1.807, 2.05) is 36.4 Å². The van der Waals surface area contributed by atoms with Gasteiger partial charge in [0.2, 0.25) is 5.91 Å². The molecule has 0 aliphatic carbocycles. The van der Waals surface area contributed by atoms with Gasteiger partial charge in [-0.05, 0) is 31.0 Å². The zero-order valence-corrected chi connectivity index (χ0v) is 13.2. The first-order valence-electron chi connectivity index (χ1n) is 8.13. The highest BCUT2D eigenvalue weighted by Gasteiger charge is 2.38. The van der Waals surface area contributed by atoms with E-state index in [9.17, 15) is 4.79 Å². The number of fused-ring (bicyclic) bond motifs is 5. The van der Waals surface area contributed by atoms with E-state index in [4.69, 9.17) is 4.74 Å². The Balaban J connectivity index is 1.87. The molecule has 0 saturated carbocycles. The Bertz CT molecular complexity index is 744. The van der Waals surface area contributed by atoms with Crippen molar-refractivity contribution in [1.29, 1.82) is 0 Å². The molecule has 118 valence electrons. The van der Waals surface area contributed by atoms with Crippen molar-refractivity contribution in [3.8, 4) is 11.5 Å². The van der Waals surface area contributed by atoms with E-state index in [-0.39, 0.29) is 18.0 Å². The number of nitrogens with zero attached hydrogens (tertiary/aromatic N) is 1. The summed E-state index contributed by atoms with van der Waals surface area (Å²) >= 11 is 0. The van der Waals surface area contributed by atoms with Crippen molar-refractivity contribution in [2.24, 2.45) is 0 Å². The van der Waals surface area contributed by atoms with Crippen LogP contribution in [0, 0.1) is 0 Å². The van der Waals surface area contributed by atoms with E-state index in [1.54, 1.807) is 6.92 Å². The Kier molecular flexibility index (Phi) is 3.45. The molecule has 1 saturated heterocycles. The molecule has 2 atom stereocenters. The lowest BCUT2D eigenvalue weighted by molar-refractivity contribution is -0.119. The molecule has 0 spiro atoms. The fourth-order valence-electron chi connectivity index (χ4n) is 3.78. The third kappa shape index (κ3) is 2.44. The van der Waals surface area contributed by atoms with Crippen LogP contribution in [0.15, 0.2) is 48.5 Å². The molecule has 2 aliphatic rings. The molecule has 1 fully saturated rings. The predicted molar refractivity (Wildman–Crippen MR) is 89.9 cm³/mol. The minimum atomic E-state index is 0.0211. The summed E-state index contributed by atoms with van der Waals surface area (Å²) in [6.07, 6.45) is 2.04. The van der Waals surface area contributed by atoms with Gasteiger partial charge in [0.1, 0.15) is 5.75 Å². The molecule has 4 heteroatoms. The Morgan fingerprint density at radius 2 is 1.87 bits per heavy atom.